The minimum absolute atomic E-state index is 0.152. The molecule has 0 aliphatic heterocycles. The standard InChI is InChI=1S/C8H13NO/c1-10-8-5-3-2-4-7(8)6-9/h7-8H,2-5H2,1H3. The molecule has 0 bridgehead atoms. The summed E-state index contributed by atoms with van der Waals surface area (Å²) in [5.41, 5.74) is 0. The normalized spacial score (nSPS) is 33.2. The third kappa shape index (κ3) is 1.48. The van der Waals surface area contributed by atoms with Crippen LogP contribution in [0.4, 0.5) is 0 Å². The summed E-state index contributed by atoms with van der Waals surface area (Å²) in [6, 6.07) is 2.28. The number of nitriles is 1. The van der Waals surface area contributed by atoms with Crippen LogP contribution in [-0.4, -0.2) is 13.2 Å². The van der Waals surface area contributed by atoms with E-state index in [9.17, 15) is 0 Å². The topological polar surface area (TPSA) is 33.0 Å². The molecule has 1 aliphatic rings. The monoisotopic (exact) mass is 139 g/mol. The smallest absolute Gasteiger partial charge is 0.0729 e. The number of ether oxygens (including phenoxy) is 1. The van der Waals surface area contributed by atoms with Gasteiger partial charge in [-0.15, -0.1) is 0 Å². The summed E-state index contributed by atoms with van der Waals surface area (Å²) < 4.78 is 5.17. The number of nitrogens with zero attached hydrogens (tertiary/aromatic N) is 1. The second kappa shape index (κ2) is 3.58. The Kier molecular flexibility index (Phi) is 2.70. The summed E-state index contributed by atoms with van der Waals surface area (Å²) in [6.45, 7) is 0. The molecule has 0 aromatic carbocycles. The highest BCUT2D eigenvalue weighted by atomic mass is 16.5. The summed E-state index contributed by atoms with van der Waals surface area (Å²) >= 11 is 0. The van der Waals surface area contributed by atoms with E-state index in [1.807, 2.05) is 0 Å². The van der Waals surface area contributed by atoms with Gasteiger partial charge in [0.1, 0.15) is 0 Å². The number of hydrogen-bond donors (Lipinski definition) is 0. The highest BCUT2D eigenvalue weighted by molar-refractivity contribution is 4.91. The molecule has 0 amide bonds. The van der Waals surface area contributed by atoms with Crippen LogP contribution in [-0.2, 0) is 4.74 Å². The molecule has 0 saturated heterocycles. The van der Waals surface area contributed by atoms with E-state index in [0.717, 1.165) is 12.8 Å². The van der Waals surface area contributed by atoms with Gasteiger partial charge in [0.25, 0.3) is 0 Å². The molecule has 2 heteroatoms. The van der Waals surface area contributed by atoms with E-state index in [1.54, 1.807) is 7.11 Å². The van der Waals surface area contributed by atoms with Crippen molar-refractivity contribution >= 4 is 0 Å². The minimum atomic E-state index is 0.152. The van der Waals surface area contributed by atoms with Crippen molar-refractivity contribution in [2.45, 2.75) is 31.8 Å². The molecule has 0 aromatic heterocycles. The van der Waals surface area contributed by atoms with Crippen LogP contribution in [0, 0.1) is 17.2 Å². The van der Waals surface area contributed by atoms with Crippen molar-refractivity contribution in [1.82, 2.24) is 0 Å². The lowest BCUT2D eigenvalue weighted by atomic mass is 9.88. The molecule has 56 valence electrons. The predicted octanol–water partition coefficient (Wildman–Crippen LogP) is 1.72. The quantitative estimate of drug-likeness (QED) is 0.554. The molecule has 1 fully saturated rings. The Morgan fingerprint density at radius 3 is 2.60 bits per heavy atom. The van der Waals surface area contributed by atoms with Crippen molar-refractivity contribution in [2.24, 2.45) is 5.92 Å². The van der Waals surface area contributed by atoms with Crippen LogP contribution < -0.4 is 0 Å². The fraction of sp³-hybridized carbons (Fsp3) is 0.875. The first-order valence-corrected chi connectivity index (χ1v) is 3.81. The molecular weight excluding hydrogens is 126 g/mol. The van der Waals surface area contributed by atoms with Gasteiger partial charge in [0.15, 0.2) is 0 Å². The fourth-order valence-electron chi connectivity index (χ4n) is 1.53. The van der Waals surface area contributed by atoms with Gasteiger partial charge in [-0.2, -0.15) is 5.26 Å². The van der Waals surface area contributed by atoms with Crippen molar-refractivity contribution < 1.29 is 4.74 Å². The van der Waals surface area contributed by atoms with E-state index in [1.165, 1.54) is 12.8 Å². The first-order valence-electron chi connectivity index (χ1n) is 3.81. The SMILES string of the molecule is COC1CCCCC1C#N. The fourth-order valence-corrected chi connectivity index (χ4v) is 1.53. The second-order valence-electron chi connectivity index (χ2n) is 2.79. The van der Waals surface area contributed by atoms with Crippen LogP contribution in [0.2, 0.25) is 0 Å². The van der Waals surface area contributed by atoms with E-state index in [0.29, 0.717) is 0 Å². The molecule has 0 aromatic rings. The largest absolute Gasteiger partial charge is 0.380 e. The molecule has 2 unspecified atom stereocenters. The summed E-state index contributed by atoms with van der Waals surface area (Å²) in [5, 5.41) is 8.66. The van der Waals surface area contributed by atoms with Crippen LogP contribution in [0.25, 0.3) is 0 Å². The van der Waals surface area contributed by atoms with E-state index >= 15 is 0 Å². The molecule has 10 heavy (non-hydrogen) atoms. The van der Waals surface area contributed by atoms with Crippen LogP contribution in [0.15, 0.2) is 0 Å². The van der Waals surface area contributed by atoms with Gasteiger partial charge in [0, 0.05) is 7.11 Å². The van der Waals surface area contributed by atoms with Gasteiger partial charge < -0.3 is 4.74 Å². The van der Waals surface area contributed by atoms with Gasteiger partial charge >= 0.3 is 0 Å². The van der Waals surface area contributed by atoms with Gasteiger partial charge in [0.05, 0.1) is 18.1 Å². The molecule has 1 saturated carbocycles. The third-order valence-corrected chi connectivity index (χ3v) is 2.17. The van der Waals surface area contributed by atoms with E-state index < -0.39 is 0 Å². The van der Waals surface area contributed by atoms with Crippen LogP contribution in [0.5, 0.6) is 0 Å². The van der Waals surface area contributed by atoms with Gasteiger partial charge in [-0.05, 0) is 12.8 Å². The highest BCUT2D eigenvalue weighted by Crippen LogP contribution is 2.25. The number of methoxy groups -OCH3 is 1. The van der Waals surface area contributed by atoms with Gasteiger partial charge in [0.2, 0.25) is 0 Å². The molecule has 0 N–H and O–H groups in total. The Morgan fingerprint density at radius 1 is 1.40 bits per heavy atom. The lowest BCUT2D eigenvalue weighted by molar-refractivity contribution is 0.0441. The maximum Gasteiger partial charge on any atom is 0.0729 e. The molecule has 0 spiro atoms. The van der Waals surface area contributed by atoms with Gasteiger partial charge in [-0.25, -0.2) is 0 Å². The number of hydrogen-bond acceptors (Lipinski definition) is 2. The van der Waals surface area contributed by atoms with Crippen molar-refractivity contribution in [3.63, 3.8) is 0 Å². The van der Waals surface area contributed by atoms with E-state index in [2.05, 4.69) is 6.07 Å². The molecule has 1 rings (SSSR count). The molecule has 2 atom stereocenters. The Bertz CT molecular complexity index is 139. The zero-order valence-corrected chi connectivity index (χ0v) is 6.34. The Hall–Kier alpha value is -0.550. The Labute approximate surface area is 61.8 Å². The first-order chi connectivity index (χ1) is 4.88. The Balaban J connectivity index is 2.44. The zero-order chi connectivity index (χ0) is 7.40. The summed E-state index contributed by atoms with van der Waals surface area (Å²) in [5.74, 6) is 0.152. The molecule has 2 nitrogen and oxygen atoms in total. The third-order valence-electron chi connectivity index (χ3n) is 2.17. The molecule has 1 aliphatic carbocycles. The first kappa shape index (κ1) is 7.56. The Morgan fingerprint density at radius 2 is 2.10 bits per heavy atom. The summed E-state index contributed by atoms with van der Waals surface area (Å²) in [6.07, 6.45) is 4.71. The predicted molar refractivity (Wildman–Crippen MR) is 38.4 cm³/mol. The zero-order valence-electron chi connectivity index (χ0n) is 6.34. The van der Waals surface area contributed by atoms with Crippen LogP contribution in [0.1, 0.15) is 25.7 Å². The molecule has 0 radical (unpaired) electrons. The van der Waals surface area contributed by atoms with E-state index in [-0.39, 0.29) is 12.0 Å². The lowest BCUT2D eigenvalue weighted by Gasteiger charge is -2.24. The summed E-state index contributed by atoms with van der Waals surface area (Å²) in [7, 11) is 1.69. The van der Waals surface area contributed by atoms with Crippen molar-refractivity contribution in [3.8, 4) is 6.07 Å². The van der Waals surface area contributed by atoms with Crippen molar-refractivity contribution in [2.75, 3.05) is 7.11 Å². The average Bonchev–Trinajstić information content (AvgIpc) is 2.04. The maximum absolute atomic E-state index is 8.66. The maximum atomic E-state index is 8.66. The highest BCUT2D eigenvalue weighted by Gasteiger charge is 2.23. The lowest BCUT2D eigenvalue weighted by Crippen LogP contribution is -2.25. The summed E-state index contributed by atoms with van der Waals surface area (Å²) in [4.78, 5) is 0. The van der Waals surface area contributed by atoms with Crippen molar-refractivity contribution in [1.29, 1.82) is 5.26 Å². The van der Waals surface area contributed by atoms with Gasteiger partial charge in [-0.3, -0.25) is 0 Å². The minimum Gasteiger partial charge on any atom is -0.380 e. The van der Waals surface area contributed by atoms with Crippen LogP contribution >= 0.6 is 0 Å². The average molecular weight is 139 g/mol. The number of rotatable bonds is 1. The molecular formula is C8H13NO. The van der Waals surface area contributed by atoms with Crippen LogP contribution in [0.3, 0.4) is 0 Å². The van der Waals surface area contributed by atoms with E-state index in [4.69, 9.17) is 10.00 Å². The van der Waals surface area contributed by atoms with Crippen molar-refractivity contribution in [3.05, 3.63) is 0 Å². The molecule has 0 heterocycles. The second-order valence-corrected chi connectivity index (χ2v) is 2.79. The van der Waals surface area contributed by atoms with Gasteiger partial charge in [-0.1, -0.05) is 12.8 Å².